The number of halogens is 2. The van der Waals surface area contributed by atoms with Crippen molar-refractivity contribution >= 4 is 35.8 Å². The van der Waals surface area contributed by atoms with E-state index in [2.05, 4.69) is 20.5 Å². The molecule has 1 saturated carbocycles. The molecular formula is C23H37FIN5O. The van der Waals surface area contributed by atoms with Gasteiger partial charge in [-0.05, 0) is 44.0 Å². The summed E-state index contributed by atoms with van der Waals surface area (Å²) in [6.07, 6.45) is 6.74. The highest BCUT2D eigenvalue weighted by Gasteiger charge is 2.31. The van der Waals surface area contributed by atoms with Gasteiger partial charge in [-0.25, -0.2) is 4.39 Å². The van der Waals surface area contributed by atoms with Crippen LogP contribution in [0.3, 0.4) is 0 Å². The number of benzene rings is 1. The minimum absolute atomic E-state index is 0. The lowest BCUT2D eigenvalue weighted by molar-refractivity contribution is -0.135. The molecule has 31 heavy (non-hydrogen) atoms. The number of carbonyl (C=O) groups excluding carboxylic acids is 1. The molecular weight excluding hydrogens is 508 g/mol. The van der Waals surface area contributed by atoms with E-state index in [1.54, 1.807) is 7.05 Å². The molecule has 0 spiro atoms. The van der Waals surface area contributed by atoms with Crippen molar-refractivity contribution in [1.29, 1.82) is 0 Å². The Morgan fingerprint density at radius 3 is 2.58 bits per heavy atom. The third-order valence-electron chi connectivity index (χ3n) is 6.17. The van der Waals surface area contributed by atoms with Crippen LogP contribution in [0.1, 0.15) is 44.1 Å². The van der Waals surface area contributed by atoms with Crippen molar-refractivity contribution in [1.82, 2.24) is 20.4 Å². The van der Waals surface area contributed by atoms with Crippen LogP contribution in [0.2, 0.25) is 0 Å². The summed E-state index contributed by atoms with van der Waals surface area (Å²) in [7, 11) is 3.82. The summed E-state index contributed by atoms with van der Waals surface area (Å²) in [4.78, 5) is 21.3. The van der Waals surface area contributed by atoms with Crippen LogP contribution in [-0.4, -0.2) is 68.0 Å². The number of guanidine groups is 1. The van der Waals surface area contributed by atoms with Gasteiger partial charge in [0.15, 0.2) is 5.96 Å². The van der Waals surface area contributed by atoms with Crippen LogP contribution in [0, 0.1) is 11.7 Å². The van der Waals surface area contributed by atoms with E-state index in [1.807, 2.05) is 24.1 Å². The molecule has 1 aliphatic carbocycles. The summed E-state index contributed by atoms with van der Waals surface area (Å²) in [6.45, 7) is 3.98. The van der Waals surface area contributed by atoms with Crippen LogP contribution >= 0.6 is 24.0 Å². The predicted octanol–water partition coefficient (Wildman–Crippen LogP) is 3.22. The Morgan fingerprint density at radius 1 is 1.19 bits per heavy atom. The first-order chi connectivity index (χ1) is 14.5. The van der Waals surface area contributed by atoms with Gasteiger partial charge in [-0.3, -0.25) is 9.79 Å². The molecule has 1 unspecified atom stereocenters. The molecule has 2 fully saturated rings. The molecule has 2 aliphatic rings. The average Bonchev–Trinajstić information content (AvgIpc) is 3.23. The minimum Gasteiger partial charge on any atom is -0.355 e. The molecule has 0 aromatic heterocycles. The molecule has 8 heteroatoms. The minimum atomic E-state index is -0.205. The maximum absolute atomic E-state index is 13.0. The number of hydrogen-bond acceptors (Lipinski definition) is 3. The molecule has 1 aromatic carbocycles. The topological polar surface area (TPSA) is 60.0 Å². The number of likely N-dealkylation sites (tertiary alicyclic amines) is 1. The molecule has 0 bridgehead atoms. The largest absolute Gasteiger partial charge is 0.355 e. The van der Waals surface area contributed by atoms with Crippen molar-refractivity contribution in [3.8, 4) is 0 Å². The van der Waals surface area contributed by atoms with Crippen LogP contribution in [-0.2, 0) is 11.3 Å². The maximum Gasteiger partial charge on any atom is 0.225 e. The van der Waals surface area contributed by atoms with Crippen LogP contribution < -0.4 is 10.6 Å². The van der Waals surface area contributed by atoms with E-state index in [1.165, 1.54) is 31.4 Å². The Balaban J connectivity index is 0.00000341. The molecule has 1 aliphatic heterocycles. The number of nitrogens with one attached hydrogen (secondary N) is 2. The molecule has 174 valence electrons. The normalized spacial score (nSPS) is 19.9. The highest BCUT2D eigenvalue weighted by Crippen LogP contribution is 2.26. The first-order valence-corrected chi connectivity index (χ1v) is 11.2. The van der Waals surface area contributed by atoms with Gasteiger partial charge < -0.3 is 20.4 Å². The summed E-state index contributed by atoms with van der Waals surface area (Å²) >= 11 is 0. The number of hydrogen-bond donors (Lipinski definition) is 2. The Bertz CT molecular complexity index is 708. The summed E-state index contributed by atoms with van der Waals surface area (Å²) in [6, 6.07) is 6.88. The van der Waals surface area contributed by atoms with E-state index >= 15 is 0 Å². The third kappa shape index (κ3) is 8.21. The Hall–Kier alpha value is -1.42. The molecule has 1 atom stereocenters. The summed E-state index contributed by atoms with van der Waals surface area (Å²) in [5.74, 6) is 1.17. The van der Waals surface area contributed by atoms with Gasteiger partial charge in [-0.2, -0.15) is 0 Å². The molecule has 2 N–H and O–H groups in total. The molecule has 6 nitrogen and oxygen atoms in total. The highest BCUT2D eigenvalue weighted by molar-refractivity contribution is 14.0. The first-order valence-electron chi connectivity index (χ1n) is 11.2. The number of likely N-dealkylation sites (N-methyl/N-ethyl adjacent to an activating group) is 1. The van der Waals surface area contributed by atoms with Crippen LogP contribution in [0.15, 0.2) is 29.3 Å². The number of amides is 1. The van der Waals surface area contributed by atoms with Gasteiger partial charge in [0, 0.05) is 51.7 Å². The van der Waals surface area contributed by atoms with Crippen molar-refractivity contribution in [3.63, 3.8) is 0 Å². The standard InChI is InChI=1S/C23H36FN5O.HI/c1-25-23(26-13-15-28(2)16-18-8-10-20(24)11-9-18)27-21-12-14-29(17-21)22(30)19-6-4-3-5-7-19;/h8-11,19,21H,3-7,12-17H2,1-2H3,(H2,25,26,27);1H. The molecule has 3 rings (SSSR count). The number of aliphatic imine (C=N–C) groups is 1. The SMILES string of the molecule is CN=C(NCCN(C)Cc1ccc(F)cc1)NC1CCN(C(=O)C2CCCCC2)C1.I. The summed E-state index contributed by atoms with van der Waals surface area (Å²) in [5, 5.41) is 6.83. The monoisotopic (exact) mass is 545 g/mol. The van der Waals surface area contributed by atoms with E-state index in [-0.39, 0.29) is 41.8 Å². The summed E-state index contributed by atoms with van der Waals surface area (Å²) < 4.78 is 13.0. The lowest BCUT2D eigenvalue weighted by Crippen LogP contribution is -2.47. The molecule has 1 saturated heterocycles. The van der Waals surface area contributed by atoms with Crippen molar-refractivity contribution in [3.05, 3.63) is 35.6 Å². The average molecular weight is 545 g/mol. The van der Waals surface area contributed by atoms with Gasteiger partial charge in [-0.15, -0.1) is 24.0 Å². The van der Waals surface area contributed by atoms with Gasteiger partial charge >= 0.3 is 0 Å². The second-order valence-corrected chi connectivity index (χ2v) is 8.61. The first kappa shape index (κ1) is 25.8. The van der Waals surface area contributed by atoms with Gasteiger partial charge in [0.05, 0.1) is 0 Å². The van der Waals surface area contributed by atoms with E-state index < -0.39 is 0 Å². The Kier molecular flexibility index (Phi) is 11.0. The Morgan fingerprint density at radius 2 is 1.90 bits per heavy atom. The maximum atomic E-state index is 13.0. The number of rotatable bonds is 7. The molecule has 1 heterocycles. The predicted molar refractivity (Wildman–Crippen MR) is 134 cm³/mol. The van der Waals surface area contributed by atoms with Gasteiger partial charge in [-0.1, -0.05) is 31.4 Å². The number of nitrogens with zero attached hydrogens (tertiary/aromatic N) is 3. The smallest absolute Gasteiger partial charge is 0.225 e. The van der Waals surface area contributed by atoms with Gasteiger partial charge in [0.2, 0.25) is 5.91 Å². The molecule has 1 amide bonds. The van der Waals surface area contributed by atoms with Crippen molar-refractivity contribution in [2.24, 2.45) is 10.9 Å². The van der Waals surface area contributed by atoms with Crippen molar-refractivity contribution in [2.75, 3.05) is 40.3 Å². The Labute approximate surface area is 203 Å². The van der Waals surface area contributed by atoms with E-state index in [9.17, 15) is 9.18 Å². The van der Waals surface area contributed by atoms with Gasteiger partial charge in [0.25, 0.3) is 0 Å². The quantitative estimate of drug-likeness (QED) is 0.314. The molecule has 0 radical (unpaired) electrons. The van der Waals surface area contributed by atoms with E-state index in [0.717, 1.165) is 63.5 Å². The zero-order valence-corrected chi connectivity index (χ0v) is 21.1. The zero-order valence-electron chi connectivity index (χ0n) is 18.8. The second kappa shape index (κ2) is 13.2. The zero-order chi connectivity index (χ0) is 21.3. The van der Waals surface area contributed by atoms with Crippen LogP contribution in [0.25, 0.3) is 0 Å². The molecule has 1 aromatic rings. The lowest BCUT2D eigenvalue weighted by Gasteiger charge is -2.26. The van der Waals surface area contributed by atoms with E-state index in [4.69, 9.17) is 0 Å². The highest BCUT2D eigenvalue weighted by atomic mass is 127. The fraction of sp³-hybridized carbons (Fsp3) is 0.652. The van der Waals surface area contributed by atoms with Crippen LogP contribution in [0.5, 0.6) is 0 Å². The lowest BCUT2D eigenvalue weighted by atomic mass is 9.88. The fourth-order valence-electron chi connectivity index (χ4n) is 4.42. The van der Waals surface area contributed by atoms with E-state index in [0.29, 0.717) is 5.91 Å². The third-order valence-corrected chi connectivity index (χ3v) is 6.17. The fourth-order valence-corrected chi connectivity index (χ4v) is 4.42. The van der Waals surface area contributed by atoms with Crippen molar-refractivity contribution < 1.29 is 9.18 Å². The van der Waals surface area contributed by atoms with Crippen LogP contribution in [0.4, 0.5) is 4.39 Å². The number of carbonyl (C=O) groups is 1. The van der Waals surface area contributed by atoms with Crippen molar-refractivity contribution in [2.45, 2.75) is 51.1 Å². The summed E-state index contributed by atoms with van der Waals surface area (Å²) in [5.41, 5.74) is 1.09. The van der Waals surface area contributed by atoms with Gasteiger partial charge in [0.1, 0.15) is 5.82 Å². The second-order valence-electron chi connectivity index (χ2n) is 8.61.